The van der Waals surface area contributed by atoms with Gasteiger partial charge in [-0.3, -0.25) is 4.79 Å². The molecule has 0 fully saturated rings. The predicted molar refractivity (Wildman–Crippen MR) is 90.1 cm³/mol. The summed E-state index contributed by atoms with van der Waals surface area (Å²) in [5, 5.41) is 7.01. The first kappa shape index (κ1) is 18.1. The molecule has 8 heteroatoms. The van der Waals surface area contributed by atoms with Crippen molar-refractivity contribution in [1.29, 1.82) is 0 Å². The number of aryl methyl sites for hydroxylation is 1. The summed E-state index contributed by atoms with van der Waals surface area (Å²) < 4.78 is 10.3. The van der Waals surface area contributed by atoms with E-state index in [2.05, 4.69) is 29.3 Å². The summed E-state index contributed by atoms with van der Waals surface area (Å²) in [5.41, 5.74) is 1.16. The Morgan fingerprint density at radius 1 is 1.33 bits per heavy atom. The molecule has 0 radical (unpaired) electrons. The minimum atomic E-state index is -0.524. The lowest BCUT2D eigenvalue weighted by Gasteiger charge is -2.05. The zero-order valence-electron chi connectivity index (χ0n) is 14.4. The maximum absolute atomic E-state index is 12.4. The molecule has 2 aromatic heterocycles. The average molecular weight is 351 g/mol. The fraction of sp³-hybridized carbons (Fsp3) is 0.500. The van der Waals surface area contributed by atoms with Gasteiger partial charge in [0.15, 0.2) is 12.4 Å². The van der Waals surface area contributed by atoms with E-state index in [1.54, 1.807) is 0 Å². The van der Waals surface area contributed by atoms with Crippen molar-refractivity contribution in [3.63, 3.8) is 0 Å². The van der Waals surface area contributed by atoms with Crippen LogP contribution in [0.25, 0.3) is 0 Å². The van der Waals surface area contributed by atoms with Gasteiger partial charge in [0.2, 0.25) is 5.91 Å². The van der Waals surface area contributed by atoms with E-state index >= 15 is 0 Å². The molecule has 0 aromatic carbocycles. The Labute approximate surface area is 144 Å². The third-order valence-electron chi connectivity index (χ3n) is 3.31. The average Bonchev–Trinajstić information content (AvgIpc) is 3.01. The molecule has 0 atom stereocenters. The third-order valence-corrected chi connectivity index (χ3v) is 4.43. The first-order valence-corrected chi connectivity index (χ1v) is 8.45. The highest BCUT2D eigenvalue weighted by atomic mass is 32.1. The second kappa shape index (κ2) is 7.57. The van der Waals surface area contributed by atoms with Crippen LogP contribution in [-0.2, 0) is 22.6 Å². The van der Waals surface area contributed by atoms with Crippen molar-refractivity contribution in [3.05, 3.63) is 27.7 Å². The number of nitrogens with one attached hydrogen (secondary N) is 1. The Bertz CT molecular complexity index is 749. The van der Waals surface area contributed by atoms with Gasteiger partial charge in [-0.1, -0.05) is 19.0 Å². The second-order valence-electron chi connectivity index (χ2n) is 5.95. The summed E-state index contributed by atoms with van der Waals surface area (Å²) in [4.78, 5) is 28.8. The molecule has 2 heterocycles. The molecule has 1 amide bonds. The molecular weight excluding hydrogens is 330 g/mol. The van der Waals surface area contributed by atoms with Crippen molar-refractivity contribution in [2.75, 3.05) is 5.32 Å². The summed E-state index contributed by atoms with van der Waals surface area (Å²) in [6.45, 7) is 9.12. The van der Waals surface area contributed by atoms with E-state index in [-0.39, 0.29) is 18.4 Å². The summed E-state index contributed by atoms with van der Waals surface area (Å²) in [7, 11) is 0. The van der Waals surface area contributed by atoms with Gasteiger partial charge in [-0.25, -0.2) is 4.79 Å². The van der Waals surface area contributed by atoms with E-state index in [1.807, 2.05) is 13.8 Å². The van der Waals surface area contributed by atoms with E-state index in [0.29, 0.717) is 28.7 Å². The summed E-state index contributed by atoms with van der Waals surface area (Å²) in [5.74, 6) is 0.501. The maximum atomic E-state index is 12.4. The van der Waals surface area contributed by atoms with Crippen LogP contribution in [0.2, 0.25) is 0 Å². The van der Waals surface area contributed by atoms with Crippen molar-refractivity contribution in [3.8, 4) is 0 Å². The first-order valence-electron chi connectivity index (χ1n) is 7.64. The van der Waals surface area contributed by atoms with E-state index < -0.39 is 5.97 Å². The number of thiophene rings is 1. The van der Waals surface area contributed by atoms with Gasteiger partial charge in [-0.15, -0.1) is 11.3 Å². The fourth-order valence-corrected chi connectivity index (χ4v) is 3.21. The normalized spacial score (nSPS) is 10.9. The summed E-state index contributed by atoms with van der Waals surface area (Å²) in [6.07, 6.45) is 0.701. The van der Waals surface area contributed by atoms with Crippen LogP contribution in [0.4, 0.5) is 5.00 Å². The van der Waals surface area contributed by atoms with Crippen molar-refractivity contribution in [2.45, 2.75) is 47.6 Å². The van der Waals surface area contributed by atoms with Crippen LogP contribution in [0.1, 0.15) is 53.3 Å². The van der Waals surface area contributed by atoms with Crippen LogP contribution >= 0.6 is 11.3 Å². The number of aromatic nitrogens is 2. The predicted octanol–water partition coefficient (Wildman–Crippen LogP) is 3.26. The molecule has 0 unspecified atom stereocenters. The lowest BCUT2D eigenvalue weighted by Crippen LogP contribution is -2.12. The SMILES string of the molecule is CC(=O)Nc1sc(C)c(C)c1C(=O)OCc1nc(CC(C)C)no1. The number of anilines is 1. The van der Waals surface area contributed by atoms with Crippen molar-refractivity contribution >= 4 is 28.2 Å². The molecule has 1 N–H and O–H groups in total. The number of esters is 1. The molecule has 0 saturated heterocycles. The number of ether oxygens (including phenoxy) is 1. The van der Waals surface area contributed by atoms with Crippen LogP contribution in [0.5, 0.6) is 0 Å². The minimum Gasteiger partial charge on any atom is -0.452 e. The number of hydrogen-bond donors (Lipinski definition) is 1. The highest BCUT2D eigenvalue weighted by Gasteiger charge is 2.22. The first-order chi connectivity index (χ1) is 11.3. The standard InChI is InChI=1S/C16H21N3O4S/c1-8(2)6-12-18-13(23-19-12)7-22-16(21)14-9(3)10(4)24-15(14)17-11(5)20/h8H,6-7H2,1-5H3,(H,17,20). The van der Waals surface area contributed by atoms with Gasteiger partial charge in [-0.05, 0) is 25.3 Å². The molecule has 7 nitrogen and oxygen atoms in total. The van der Waals surface area contributed by atoms with Crippen LogP contribution in [0, 0.1) is 19.8 Å². The highest BCUT2D eigenvalue weighted by molar-refractivity contribution is 7.16. The monoisotopic (exact) mass is 351 g/mol. The Balaban J connectivity index is 2.07. The minimum absolute atomic E-state index is 0.0994. The van der Waals surface area contributed by atoms with E-state index in [0.717, 1.165) is 10.4 Å². The highest BCUT2D eigenvalue weighted by Crippen LogP contribution is 2.33. The van der Waals surface area contributed by atoms with Crippen LogP contribution in [-0.4, -0.2) is 22.0 Å². The smallest absolute Gasteiger partial charge is 0.341 e. The van der Waals surface area contributed by atoms with Gasteiger partial charge in [0.1, 0.15) is 5.00 Å². The number of amides is 1. The van der Waals surface area contributed by atoms with Crippen LogP contribution in [0.3, 0.4) is 0 Å². The number of carbonyl (C=O) groups excluding carboxylic acids is 2. The molecular formula is C16H21N3O4S. The van der Waals surface area contributed by atoms with Crippen molar-refractivity contribution in [1.82, 2.24) is 10.1 Å². The Kier molecular flexibility index (Phi) is 5.71. The van der Waals surface area contributed by atoms with E-state index in [4.69, 9.17) is 9.26 Å². The molecule has 0 aliphatic rings. The maximum Gasteiger partial charge on any atom is 0.341 e. The topological polar surface area (TPSA) is 94.3 Å². The van der Waals surface area contributed by atoms with Gasteiger partial charge in [-0.2, -0.15) is 4.98 Å². The van der Waals surface area contributed by atoms with E-state index in [9.17, 15) is 9.59 Å². The van der Waals surface area contributed by atoms with Gasteiger partial charge < -0.3 is 14.6 Å². The summed E-state index contributed by atoms with van der Waals surface area (Å²) >= 11 is 1.35. The largest absolute Gasteiger partial charge is 0.452 e. The Morgan fingerprint density at radius 2 is 2.04 bits per heavy atom. The quantitative estimate of drug-likeness (QED) is 0.803. The number of carbonyl (C=O) groups is 2. The third kappa shape index (κ3) is 4.41. The fourth-order valence-electron chi connectivity index (χ4n) is 2.12. The number of hydrogen-bond acceptors (Lipinski definition) is 7. The number of nitrogens with zero attached hydrogens (tertiary/aromatic N) is 2. The lowest BCUT2D eigenvalue weighted by molar-refractivity contribution is -0.114. The molecule has 0 spiro atoms. The molecule has 130 valence electrons. The molecule has 2 aromatic rings. The molecule has 0 saturated carbocycles. The second-order valence-corrected chi connectivity index (χ2v) is 7.17. The zero-order chi connectivity index (χ0) is 17.9. The lowest BCUT2D eigenvalue weighted by atomic mass is 10.1. The Hall–Kier alpha value is -2.22. The molecule has 0 aliphatic carbocycles. The van der Waals surface area contributed by atoms with Gasteiger partial charge in [0, 0.05) is 18.2 Å². The molecule has 0 bridgehead atoms. The van der Waals surface area contributed by atoms with Gasteiger partial charge in [0.25, 0.3) is 5.89 Å². The van der Waals surface area contributed by atoms with Crippen LogP contribution < -0.4 is 5.32 Å². The molecule has 24 heavy (non-hydrogen) atoms. The Morgan fingerprint density at radius 3 is 2.67 bits per heavy atom. The molecule has 0 aliphatic heterocycles. The van der Waals surface area contributed by atoms with Gasteiger partial charge in [0.05, 0.1) is 5.56 Å². The van der Waals surface area contributed by atoms with Gasteiger partial charge >= 0.3 is 5.97 Å². The van der Waals surface area contributed by atoms with Crippen molar-refractivity contribution < 1.29 is 18.8 Å². The van der Waals surface area contributed by atoms with Crippen molar-refractivity contribution in [2.24, 2.45) is 5.92 Å². The summed E-state index contributed by atoms with van der Waals surface area (Å²) in [6, 6.07) is 0. The van der Waals surface area contributed by atoms with E-state index in [1.165, 1.54) is 18.3 Å². The molecule has 2 rings (SSSR count). The zero-order valence-corrected chi connectivity index (χ0v) is 15.2. The number of rotatable bonds is 6. The van der Waals surface area contributed by atoms with Crippen LogP contribution in [0.15, 0.2) is 4.52 Å².